The fraction of sp³-hybridized carbons (Fsp3) is 0.333. The van der Waals surface area contributed by atoms with Crippen LogP contribution in [0.4, 0.5) is 0 Å². The van der Waals surface area contributed by atoms with Gasteiger partial charge in [0.05, 0.1) is 4.47 Å². The Morgan fingerprint density at radius 2 is 2.00 bits per heavy atom. The Bertz CT molecular complexity index is 519. The molecule has 0 aliphatic carbocycles. The molecule has 1 aromatic heterocycles. The molecule has 1 aromatic carbocycles. The Balaban J connectivity index is 2.56. The van der Waals surface area contributed by atoms with Gasteiger partial charge in [-0.3, -0.25) is 0 Å². The van der Waals surface area contributed by atoms with Gasteiger partial charge in [0.1, 0.15) is 17.4 Å². The van der Waals surface area contributed by atoms with Crippen molar-refractivity contribution in [2.24, 2.45) is 5.92 Å². The Morgan fingerprint density at radius 1 is 1.31 bits per heavy atom. The minimum Gasteiger partial charge on any atom is -0.457 e. The van der Waals surface area contributed by atoms with Gasteiger partial charge in [-0.25, -0.2) is 0 Å². The van der Waals surface area contributed by atoms with Crippen molar-refractivity contribution in [3.63, 3.8) is 0 Å². The zero-order valence-electron chi connectivity index (χ0n) is 9.00. The molecule has 1 atom stereocenters. The minimum atomic E-state index is -0.585. The molecule has 0 aliphatic rings. The molecule has 0 amide bonds. The number of hydrogen-bond donors (Lipinski definition) is 1. The van der Waals surface area contributed by atoms with Gasteiger partial charge in [0.25, 0.3) is 0 Å². The lowest BCUT2D eigenvalue weighted by atomic mass is 10.1. The normalized spacial score (nSPS) is 13.6. The first-order valence-electron chi connectivity index (χ1n) is 5.05. The summed E-state index contributed by atoms with van der Waals surface area (Å²) in [6.07, 6.45) is -0.585. The van der Waals surface area contributed by atoms with E-state index in [0.717, 1.165) is 15.4 Å². The van der Waals surface area contributed by atoms with E-state index in [1.165, 1.54) is 0 Å². The number of aliphatic hydroxyl groups excluding tert-OH is 1. The van der Waals surface area contributed by atoms with Crippen molar-refractivity contribution in [2.75, 3.05) is 0 Å². The van der Waals surface area contributed by atoms with E-state index in [-0.39, 0.29) is 5.92 Å². The van der Waals surface area contributed by atoms with Crippen LogP contribution in [-0.2, 0) is 0 Å². The largest absolute Gasteiger partial charge is 0.457 e. The third kappa shape index (κ3) is 2.12. The van der Waals surface area contributed by atoms with E-state index < -0.39 is 6.10 Å². The number of fused-ring (bicyclic) bond motifs is 1. The zero-order valence-corrected chi connectivity index (χ0v) is 11.3. The van der Waals surface area contributed by atoms with Crippen molar-refractivity contribution in [2.45, 2.75) is 20.0 Å². The second kappa shape index (κ2) is 4.40. The Labute approximate surface area is 107 Å². The highest BCUT2D eigenvalue weighted by Crippen LogP contribution is 2.34. The van der Waals surface area contributed by atoms with Gasteiger partial charge in [-0.1, -0.05) is 25.4 Å². The Hall–Kier alpha value is -0.510. The van der Waals surface area contributed by atoms with Crippen molar-refractivity contribution in [3.05, 3.63) is 33.5 Å². The molecule has 16 heavy (non-hydrogen) atoms. The molecule has 1 unspecified atom stereocenters. The number of benzene rings is 1. The number of halogens is 2. The maximum absolute atomic E-state index is 9.92. The van der Waals surface area contributed by atoms with Crippen LogP contribution in [0.5, 0.6) is 0 Å². The maximum Gasteiger partial charge on any atom is 0.148 e. The van der Waals surface area contributed by atoms with Crippen LogP contribution < -0.4 is 0 Å². The molecular formula is C12H12BrClO2. The molecule has 0 spiro atoms. The van der Waals surface area contributed by atoms with Gasteiger partial charge in [0, 0.05) is 10.4 Å². The van der Waals surface area contributed by atoms with E-state index in [9.17, 15) is 5.11 Å². The van der Waals surface area contributed by atoms with Gasteiger partial charge in [0.15, 0.2) is 0 Å². The summed E-state index contributed by atoms with van der Waals surface area (Å²) in [5, 5.41) is 11.5. The van der Waals surface area contributed by atoms with Crippen LogP contribution in [0.1, 0.15) is 25.7 Å². The summed E-state index contributed by atoms with van der Waals surface area (Å²) in [6.45, 7) is 3.89. The molecule has 2 nitrogen and oxygen atoms in total. The third-order valence-corrected chi connectivity index (χ3v) is 3.29. The van der Waals surface area contributed by atoms with E-state index in [0.29, 0.717) is 10.8 Å². The summed E-state index contributed by atoms with van der Waals surface area (Å²) in [4.78, 5) is 0. The lowest BCUT2D eigenvalue weighted by Crippen LogP contribution is -2.03. The van der Waals surface area contributed by atoms with E-state index in [1.54, 1.807) is 6.07 Å². The second-order valence-electron chi connectivity index (χ2n) is 4.14. The van der Waals surface area contributed by atoms with Crippen molar-refractivity contribution in [1.82, 2.24) is 0 Å². The van der Waals surface area contributed by atoms with Gasteiger partial charge >= 0.3 is 0 Å². The fourth-order valence-electron chi connectivity index (χ4n) is 1.57. The lowest BCUT2D eigenvalue weighted by molar-refractivity contribution is 0.104. The van der Waals surface area contributed by atoms with Gasteiger partial charge < -0.3 is 9.52 Å². The highest BCUT2D eigenvalue weighted by molar-refractivity contribution is 9.10. The molecule has 1 N–H and O–H groups in total. The highest BCUT2D eigenvalue weighted by Gasteiger charge is 2.18. The number of hydrogen-bond acceptors (Lipinski definition) is 2. The van der Waals surface area contributed by atoms with Gasteiger partial charge in [-0.2, -0.15) is 0 Å². The first kappa shape index (κ1) is 12.0. The molecule has 0 radical (unpaired) electrons. The van der Waals surface area contributed by atoms with Crippen molar-refractivity contribution in [1.29, 1.82) is 0 Å². The molecule has 4 heteroatoms. The summed E-state index contributed by atoms with van der Waals surface area (Å²) < 4.78 is 6.42. The quantitative estimate of drug-likeness (QED) is 0.883. The molecular weight excluding hydrogens is 291 g/mol. The average Bonchev–Trinajstić information content (AvgIpc) is 2.60. The smallest absolute Gasteiger partial charge is 0.148 e. The number of aliphatic hydroxyl groups is 1. The van der Waals surface area contributed by atoms with E-state index in [4.69, 9.17) is 16.0 Å². The van der Waals surface area contributed by atoms with Crippen molar-refractivity contribution in [3.8, 4) is 0 Å². The summed E-state index contributed by atoms with van der Waals surface area (Å²) in [5.41, 5.74) is 0.721. The summed E-state index contributed by atoms with van der Waals surface area (Å²) in [7, 11) is 0. The average molecular weight is 304 g/mol. The van der Waals surface area contributed by atoms with Gasteiger partial charge in [-0.05, 0) is 40.0 Å². The predicted octanol–water partition coefficient (Wildman–Crippen LogP) is 4.54. The molecule has 0 bridgehead atoms. The lowest BCUT2D eigenvalue weighted by Gasteiger charge is -2.10. The van der Waals surface area contributed by atoms with E-state index in [2.05, 4.69) is 15.9 Å². The van der Waals surface area contributed by atoms with Crippen LogP contribution in [0.3, 0.4) is 0 Å². The number of furan rings is 1. The van der Waals surface area contributed by atoms with E-state index in [1.807, 2.05) is 26.0 Å². The molecule has 0 saturated heterocycles. The van der Waals surface area contributed by atoms with Gasteiger partial charge in [0.2, 0.25) is 0 Å². The van der Waals surface area contributed by atoms with Crippen LogP contribution in [0.25, 0.3) is 11.0 Å². The molecule has 2 aromatic rings. The minimum absolute atomic E-state index is 0.120. The summed E-state index contributed by atoms with van der Waals surface area (Å²) in [5.74, 6) is 0.697. The standard InChI is InChI=1S/C12H12BrClO2/c1-6(2)11(15)10-4-7-3-8(14)5-9(13)12(7)16-10/h3-6,11,15H,1-2H3. The van der Waals surface area contributed by atoms with Crippen LogP contribution in [-0.4, -0.2) is 5.11 Å². The molecule has 2 rings (SSSR count). The van der Waals surface area contributed by atoms with Crippen LogP contribution in [0, 0.1) is 5.92 Å². The first-order valence-corrected chi connectivity index (χ1v) is 6.22. The first-order chi connectivity index (χ1) is 7.49. The second-order valence-corrected chi connectivity index (χ2v) is 5.43. The van der Waals surface area contributed by atoms with E-state index >= 15 is 0 Å². The van der Waals surface area contributed by atoms with Crippen LogP contribution in [0.15, 0.2) is 27.1 Å². The molecule has 86 valence electrons. The number of rotatable bonds is 2. The van der Waals surface area contributed by atoms with Crippen molar-refractivity contribution < 1.29 is 9.52 Å². The zero-order chi connectivity index (χ0) is 11.9. The maximum atomic E-state index is 9.92. The topological polar surface area (TPSA) is 33.4 Å². The Kier molecular flexibility index (Phi) is 3.29. The van der Waals surface area contributed by atoms with Crippen molar-refractivity contribution >= 4 is 38.5 Å². The van der Waals surface area contributed by atoms with Gasteiger partial charge in [-0.15, -0.1) is 0 Å². The molecule has 1 heterocycles. The predicted molar refractivity (Wildman–Crippen MR) is 68.7 cm³/mol. The monoisotopic (exact) mass is 302 g/mol. The summed E-state index contributed by atoms with van der Waals surface area (Å²) in [6, 6.07) is 5.43. The van der Waals surface area contributed by atoms with Crippen LogP contribution in [0.2, 0.25) is 5.02 Å². The fourth-order valence-corrected chi connectivity index (χ4v) is 2.48. The SMILES string of the molecule is CC(C)C(O)c1cc2cc(Cl)cc(Br)c2o1. The van der Waals surface area contributed by atoms with Crippen LogP contribution >= 0.6 is 27.5 Å². The molecule has 0 saturated carbocycles. The summed E-state index contributed by atoms with van der Waals surface area (Å²) >= 11 is 9.33. The molecule has 0 aliphatic heterocycles. The highest BCUT2D eigenvalue weighted by atomic mass is 79.9. The Morgan fingerprint density at radius 3 is 2.62 bits per heavy atom. The molecule has 0 fully saturated rings. The third-order valence-electron chi connectivity index (χ3n) is 2.48.